The lowest BCUT2D eigenvalue weighted by molar-refractivity contribution is 0.549. The van der Waals surface area contributed by atoms with E-state index in [0.29, 0.717) is 0 Å². The van der Waals surface area contributed by atoms with Gasteiger partial charge in [0.15, 0.2) is 0 Å². The lowest BCUT2D eigenvalue weighted by atomic mass is 10.0. The van der Waals surface area contributed by atoms with E-state index in [1.54, 1.807) is 0 Å². The summed E-state index contributed by atoms with van der Waals surface area (Å²) in [6.45, 7) is 4.59. The van der Waals surface area contributed by atoms with Crippen LogP contribution in [0, 0.1) is 0 Å². The van der Waals surface area contributed by atoms with Gasteiger partial charge in [0.1, 0.15) is 0 Å². The molecule has 0 saturated heterocycles. The molecule has 0 heteroatoms. The first-order valence-electron chi connectivity index (χ1n) is 17.2. The molecule has 0 aliphatic carbocycles. The van der Waals surface area contributed by atoms with Gasteiger partial charge in [0.05, 0.1) is 0 Å². The van der Waals surface area contributed by atoms with Crippen LogP contribution in [0.1, 0.15) is 171 Å². The Balaban J connectivity index is 1.51. The molecule has 2 aromatic carbocycles. The van der Waals surface area contributed by atoms with Gasteiger partial charge in [-0.3, -0.25) is 0 Å². The Morgan fingerprint density at radius 3 is 0.872 bits per heavy atom. The van der Waals surface area contributed by atoms with Crippen LogP contribution < -0.4 is 0 Å². The Morgan fingerprint density at radius 1 is 0.333 bits per heavy atom. The monoisotopic (exact) mass is 530 g/mol. The van der Waals surface area contributed by atoms with Crippen LogP contribution in [0.3, 0.4) is 0 Å². The van der Waals surface area contributed by atoms with Crippen molar-refractivity contribution in [2.75, 3.05) is 0 Å². The average molecular weight is 531 g/mol. The number of aryl methyl sites for hydroxylation is 2. The molecule has 0 saturated carbocycles. The maximum absolute atomic E-state index is 2.32. The smallest absolute Gasteiger partial charge is 0.0256 e. The fraction of sp³-hybridized carbons (Fsp3) is 0.641. The highest BCUT2D eigenvalue weighted by atomic mass is 14.0. The van der Waals surface area contributed by atoms with Gasteiger partial charge in [0.25, 0.3) is 0 Å². The molecule has 39 heavy (non-hydrogen) atoms. The second kappa shape index (κ2) is 24.0. The first-order valence-corrected chi connectivity index (χ1v) is 17.2. The highest BCUT2D eigenvalue weighted by molar-refractivity contribution is 5.69. The maximum Gasteiger partial charge on any atom is -0.0256 e. The highest BCUT2D eigenvalue weighted by Crippen LogP contribution is 2.16. The van der Waals surface area contributed by atoms with Crippen LogP contribution >= 0.6 is 0 Å². The Bertz CT molecular complexity index is 810. The molecule has 0 unspecified atom stereocenters. The van der Waals surface area contributed by atoms with Crippen LogP contribution in [0.4, 0.5) is 0 Å². The number of hydrogen-bond acceptors (Lipinski definition) is 0. The summed E-state index contributed by atoms with van der Waals surface area (Å²) in [5.41, 5.74) is 5.57. The van der Waals surface area contributed by atoms with Crippen LogP contribution in [-0.2, 0) is 12.8 Å². The van der Waals surface area contributed by atoms with E-state index >= 15 is 0 Å². The van der Waals surface area contributed by atoms with Crippen molar-refractivity contribution in [3.8, 4) is 0 Å². The van der Waals surface area contributed by atoms with Crippen LogP contribution in [0.25, 0.3) is 12.2 Å². The Hall–Kier alpha value is -1.82. The largest absolute Gasteiger partial charge is 0.0654 e. The van der Waals surface area contributed by atoms with Gasteiger partial charge in [-0.2, -0.15) is 0 Å². The van der Waals surface area contributed by atoms with Gasteiger partial charge in [-0.1, -0.05) is 197 Å². The van der Waals surface area contributed by atoms with E-state index in [1.165, 1.54) is 170 Å². The number of hydrogen-bond donors (Lipinski definition) is 0. The molecule has 218 valence electrons. The molecular formula is C39H62. The summed E-state index contributed by atoms with van der Waals surface area (Å²) in [6.07, 6.45) is 36.6. The summed E-state index contributed by atoms with van der Waals surface area (Å²) < 4.78 is 0. The second-order valence-electron chi connectivity index (χ2n) is 12.0. The van der Waals surface area contributed by atoms with Gasteiger partial charge in [-0.25, -0.2) is 0 Å². The van der Waals surface area contributed by atoms with E-state index < -0.39 is 0 Å². The normalized spacial score (nSPS) is 11.5. The van der Waals surface area contributed by atoms with Gasteiger partial charge in [0, 0.05) is 0 Å². The Labute approximate surface area is 244 Å². The van der Waals surface area contributed by atoms with E-state index in [-0.39, 0.29) is 0 Å². The van der Waals surface area contributed by atoms with Gasteiger partial charge >= 0.3 is 0 Å². The van der Waals surface area contributed by atoms with Crippen LogP contribution in [0.15, 0.2) is 48.5 Å². The Kier molecular flexibility index (Phi) is 20.6. The van der Waals surface area contributed by atoms with Crippen molar-refractivity contribution in [1.29, 1.82) is 0 Å². The summed E-state index contributed by atoms with van der Waals surface area (Å²) in [5, 5.41) is 0. The topological polar surface area (TPSA) is 0 Å². The second-order valence-corrected chi connectivity index (χ2v) is 12.0. The maximum atomic E-state index is 2.32. The van der Waals surface area contributed by atoms with Crippen LogP contribution in [-0.4, -0.2) is 0 Å². The lowest BCUT2D eigenvalue weighted by Gasteiger charge is -2.04. The van der Waals surface area contributed by atoms with Crippen molar-refractivity contribution in [1.82, 2.24) is 0 Å². The molecule has 0 aromatic heterocycles. The molecule has 0 bridgehead atoms. The summed E-state index contributed by atoms with van der Waals surface area (Å²) in [7, 11) is 0. The van der Waals surface area contributed by atoms with E-state index in [9.17, 15) is 0 Å². The molecule has 0 spiro atoms. The van der Waals surface area contributed by atoms with Crippen LogP contribution in [0.2, 0.25) is 0 Å². The Morgan fingerprint density at radius 2 is 0.590 bits per heavy atom. The molecule has 0 nitrogen and oxygen atoms in total. The molecule has 2 rings (SSSR count). The predicted octanol–water partition coefficient (Wildman–Crippen LogP) is 13.2. The minimum Gasteiger partial charge on any atom is -0.0654 e. The SMILES string of the molecule is CCCCCCCCCCCCCc1ccc(/C=C/c2ccc(CCCCCCCCCCCC)cc2)cc1. The van der Waals surface area contributed by atoms with Crippen molar-refractivity contribution < 1.29 is 0 Å². The summed E-state index contributed by atoms with van der Waals surface area (Å²) in [5.74, 6) is 0. The van der Waals surface area contributed by atoms with E-state index in [1.807, 2.05) is 0 Å². The number of rotatable bonds is 25. The molecule has 0 N–H and O–H groups in total. The molecule has 0 heterocycles. The molecule has 0 fully saturated rings. The lowest BCUT2D eigenvalue weighted by Crippen LogP contribution is -1.87. The molecule has 0 aliphatic rings. The summed E-state index contributed by atoms with van der Waals surface area (Å²) in [6, 6.07) is 18.4. The minimum atomic E-state index is 1.22. The standard InChI is InChI=1S/C39H62/c1-3-5-7-9-11-13-15-17-19-21-23-25-37-28-32-39(33-29-37)35-34-38-30-26-36(27-31-38)24-22-20-18-16-14-12-10-8-6-4-2/h26-35H,3-25H2,1-2H3/b35-34+. The molecule has 0 aliphatic heterocycles. The van der Waals surface area contributed by atoms with Crippen molar-refractivity contribution in [3.05, 3.63) is 70.8 Å². The minimum absolute atomic E-state index is 1.22. The molecular weight excluding hydrogens is 468 g/mol. The molecule has 2 aromatic rings. The molecule has 0 amide bonds. The third-order valence-electron chi connectivity index (χ3n) is 8.32. The van der Waals surface area contributed by atoms with Crippen molar-refractivity contribution in [3.63, 3.8) is 0 Å². The van der Waals surface area contributed by atoms with E-state index in [0.717, 1.165) is 0 Å². The fourth-order valence-electron chi connectivity index (χ4n) is 5.59. The van der Waals surface area contributed by atoms with Gasteiger partial charge < -0.3 is 0 Å². The number of unbranched alkanes of at least 4 members (excludes halogenated alkanes) is 19. The average Bonchev–Trinajstić information content (AvgIpc) is 2.97. The van der Waals surface area contributed by atoms with Gasteiger partial charge in [-0.15, -0.1) is 0 Å². The van der Waals surface area contributed by atoms with Crippen molar-refractivity contribution in [2.45, 2.75) is 162 Å². The quantitative estimate of drug-likeness (QED) is 0.0884. The summed E-state index contributed by atoms with van der Waals surface area (Å²) >= 11 is 0. The number of benzene rings is 2. The highest BCUT2D eigenvalue weighted by Gasteiger charge is 1.98. The van der Waals surface area contributed by atoms with Gasteiger partial charge in [0.2, 0.25) is 0 Å². The van der Waals surface area contributed by atoms with Gasteiger partial charge in [-0.05, 0) is 47.9 Å². The third-order valence-corrected chi connectivity index (χ3v) is 8.32. The van der Waals surface area contributed by atoms with Crippen LogP contribution in [0.5, 0.6) is 0 Å². The zero-order valence-electron chi connectivity index (χ0n) is 26.0. The zero-order chi connectivity index (χ0) is 27.6. The van der Waals surface area contributed by atoms with E-state index in [4.69, 9.17) is 0 Å². The first kappa shape index (κ1) is 33.4. The predicted molar refractivity (Wildman–Crippen MR) is 178 cm³/mol. The summed E-state index contributed by atoms with van der Waals surface area (Å²) in [4.78, 5) is 0. The third kappa shape index (κ3) is 18.2. The first-order chi connectivity index (χ1) is 19.3. The molecule has 0 radical (unpaired) electrons. The molecule has 0 atom stereocenters. The zero-order valence-corrected chi connectivity index (χ0v) is 26.0. The van der Waals surface area contributed by atoms with E-state index in [2.05, 4.69) is 74.5 Å². The van der Waals surface area contributed by atoms with Crippen molar-refractivity contribution >= 4 is 12.2 Å². The van der Waals surface area contributed by atoms with Crippen molar-refractivity contribution in [2.24, 2.45) is 0 Å². The fourth-order valence-corrected chi connectivity index (χ4v) is 5.59.